The topological polar surface area (TPSA) is 31.2 Å². The maximum absolute atomic E-state index is 13.3. The largest absolute Gasteiger partial charge is 0.457 e. The van der Waals surface area contributed by atoms with Crippen LogP contribution in [0, 0.1) is 0 Å². The molecule has 4 rings (SSSR count). The van der Waals surface area contributed by atoms with Gasteiger partial charge in [0.2, 0.25) is 0 Å². The van der Waals surface area contributed by atoms with E-state index < -0.39 is 0 Å². The lowest BCUT2D eigenvalue weighted by Crippen LogP contribution is -2.16. The summed E-state index contributed by atoms with van der Waals surface area (Å²) >= 11 is 0. The van der Waals surface area contributed by atoms with Crippen molar-refractivity contribution in [2.75, 3.05) is 0 Å². The molecule has 150 valence electrons. The summed E-state index contributed by atoms with van der Waals surface area (Å²) < 4.78 is 8.14. The van der Waals surface area contributed by atoms with Gasteiger partial charge in [0, 0.05) is 23.5 Å². The van der Waals surface area contributed by atoms with Crippen LogP contribution in [0.5, 0.6) is 0 Å². The Morgan fingerprint density at radius 3 is 2.28 bits per heavy atom. The van der Waals surface area contributed by atoms with Gasteiger partial charge in [-0.2, -0.15) is 0 Å². The first-order valence-corrected chi connectivity index (χ1v) is 10.8. The molecule has 29 heavy (non-hydrogen) atoms. The van der Waals surface area contributed by atoms with Crippen molar-refractivity contribution < 1.29 is 9.53 Å². The molecule has 0 aliphatic heterocycles. The van der Waals surface area contributed by atoms with Crippen molar-refractivity contribution >= 4 is 5.97 Å². The number of carbonyl (C=O) groups excluding carboxylic acids is 1. The van der Waals surface area contributed by atoms with Gasteiger partial charge in [-0.05, 0) is 30.4 Å². The molecule has 1 saturated carbocycles. The van der Waals surface area contributed by atoms with Gasteiger partial charge in [-0.1, -0.05) is 86.8 Å². The van der Waals surface area contributed by atoms with Gasteiger partial charge >= 0.3 is 5.97 Å². The van der Waals surface area contributed by atoms with E-state index in [0.29, 0.717) is 12.6 Å². The van der Waals surface area contributed by atoms with E-state index >= 15 is 0 Å². The summed E-state index contributed by atoms with van der Waals surface area (Å²) in [6.07, 6.45) is 9.24. The van der Waals surface area contributed by atoms with E-state index in [0.717, 1.165) is 34.4 Å². The number of benzene rings is 2. The summed E-state index contributed by atoms with van der Waals surface area (Å²) in [6.45, 7) is 2.43. The first kappa shape index (κ1) is 19.5. The van der Waals surface area contributed by atoms with Crippen LogP contribution in [-0.4, -0.2) is 10.5 Å². The molecule has 1 fully saturated rings. The van der Waals surface area contributed by atoms with E-state index in [4.69, 9.17) is 4.74 Å². The number of hydrogen-bond donors (Lipinski definition) is 0. The third kappa shape index (κ3) is 4.29. The van der Waals surface area contributed by atoms with Crippen molar-refractivity contribution in [2.45, 2.75) is 58.1 Å². The van der Waals surface area contributed by atoms with E-state index in [2.05, 4.69) is 29.8 Å². The molecule has 3 nitrogen and oxygen atoms in total. The SMILES string of the molecule is CCc1c(C(=O)OCc2ccccc2)c(-c2ccccc2)cn1C1CCCCC1. The first-order valence-electron chi connectivity index (χ1n) is 10.8. The van der Waals surface area contributed by atoms with Gasteiger partial charge < -0.3 is 9.30 Å². The van der Waals surface area contributed by atoms with E-state index in [1.807, 2.05) is 48.5 Å². The highest BCUT2D eigenvalue weighted by Gasteiger charge is 2.27. The molecule has 0 unspecified atom stereocenters. The number of ether oxygens (including phenoxy) is 1. The average molecular weight is 388 g/mol. The lowest BCUT2D eigenvalue weighted by molar-refractivity contribution is 0.0472. The maximum atomic E-state index is 13.3. The zero-order valence-electron chi connectivity index (χ0n) is 17.1. The third-order valence-electron chi connectivity index (χ3n) is 5.94. The minimum atomic E-state index is -0.223. The van der Waals surface area contributed by atoms with Crippen molar-refractivity contribution in [3.05, 3.63) is 83.7 Å². The lowest BCUT2D eigenvalue weighted by Gasteiger charge is -2.25. The molecule has 1 heterocycles. The summed E-state index contributed by atoms with van der Waals surface area (Å²) in [7, 11) is 0. The second-order valence-corrected chi connectivity index (χ2v) is 7.84. The smallest absolute Gasteiger partial charge is 0.340 e. The number of nitrogens with zero attached hydrogens (tertiary/aromatic N) is 1. The molecule has 3 aromatic rings. The van der Waals surface area contributed by atoms with Crippen LogP contribution in [0.4, 0.5) is 0 Å². The molecule has 1 aliphatic rings. The number of rotatable bonds is 6. The average Bonchev–Trinajstić information content (AvgIpc) is 3.19. The van der Waals surface area contributed by atoms with Crippen LogP contribution in [0.3, 0.4) is 0 Å². The van der Waals surface area contributed by atoms with Gasteiger partial charge in [0.1, 0.15) is 6.61 Å². The van der Waals surface area contributed by atoms with Crippen LogP contribution in [0.2, 0.25) is 0 Å². The highest BCUT2D eigenvalue weighted by molar-refractivity contribution is 5.99. The molecule has 3 heteroatoms. The minimum absolute atomic E-state index is 0.223. The molecule has 0 atom stereocenters. The molecule has 0 bridgehead atoms. The Bertz CT molecular complexity index is 938. The quantitative estimate of drug-likeness (QED) is 0.447. The second kappa shape index (κ2) is 9.13. The van der Waals surface area contributed by atoms with E-state index in [1.54, 1.807) is 0 Å². The normalized spacial score (nSPS) is 14.7. The molecule has 0 saturated heterocycles. The molecule has 2 aromatic carbocycles. The van der Waals surface area contributed by atoms with Gasteiger partial charge in [0.15, 0.2) is 0 Å². The van der Waals surface area contributed by atoms with Gasteiger partial charge in [-0.15, -0.1) is 0 Å². The van der Waals surface area contributed by atoms with Gasteiger partial charge in [-0.3, -0.25) is 0 Å². The number of aromatic nitrogens is 1. The fourth-order valence-corrected chi connectivity index (χ4v) is 4.47. The van der Waals surface area contributed by atoms with Crippen LogP contribution in [0.15, 0.2) is 66.9 Å². The Labute approximate surface area is 173 Å². The van der Waals surface area contributed by atoms with E-state index in [9.17, 15) is 4.79 Å². The van der Waals surface area contributed by atoms with E-state index in [1.165, 1.54) is 32.1 Å². The van der Waals surface area contributed by atoms with Crippen LogP contribution in [0.25, 0.3) is 11.1 Å². The van der Waals surface area contributed by atoms with Gasteiger partial charge in [0.25, 0.3) is 0 Å². The highest BCUT2D eigenvalue weighted by atomic mass is 16.5. The molecule has 0 N–H and O–H groups in total. The van der Waals surface area contributed by atoms with Crippen LogP contribution >= 0.6 is 0 Å². The Kier molecular flexibility index (Phi) is 6.14. The summed E-state index contributed by atoms with van der Waals surface area (Å²) in [5, 5.41) is 0. The zero-order valence-corrected chi connectivity index (χ0v) is 17.1. The second-order valence-electron chi connectivity index (χ2n) is 7.84. The molecule has 1 aliphatic carbocycles. The summed E-state index contributed by atoms with van der Waals surface area (Å²) in [4.78, 5) is 13.3. The van der Waals surface area contributed by atoms with Crippen molar-refractivity contribution in [1.82, 2.24) is 4.57 Å². The molecule has 0 radical (unpaired) electrons. The summed E-state index contributed by atoms with van der Waals surface area (Å²) in [5.41, 5.74) is 4.91. The minimum Gasteiger partial charge on any atom is -0.457 e. The summed E-state index contributed by atoms with van der Waals surface area (Å²) in [6, 6.07) is 20.6. The number of carbonyl (C=O) groups is 1. The van der Waals surface area contributed by atoms with Crippen molar-refractivity contribution in [3.63, 3.8) is 0 Å². The van der Waals surface area contributed by atoms with Crippen LogP contribution < -0.4 is 0 Å². The standard InChI is InChI=1S/C26H29NO2/c1-2-24-25(26(28)29-19-20-12-6-3-7-13-20)23(21-14-8-4-9-15-21)18-27(24)22-16-10-5-11-17-22/h3-4,6-9,12-15,18,22H,2,5,10-11,16-17,19H2,1H3. The molecular formula is C26H29NO2. The molecule has 1 aromatic heterocycles. The summed E-state index contributed by atoms with van der Waals surface area (Å²) in [5.74, 6) is -0.223. The van der Waals surface area contributed by atoms with Crippen LogP contribution in [-0.2, 0) is 17.8 Å². The van der Waals surface area contributed by atoms with Crippen molar-refractivity contribution in [2.24, 2.45) is 0 Å². The Balaban J connectivity index is 1.71. The van der Waals surface area contributed by atoms with Crippen molar-refractivity contribution in [1.29, 1.82) is 0 Å². The molecule has 0 amide bonds. The molecule has 0 spiro atoms. The lowest BCUT2D eigenvalue weighted by atomic mass is 9.95. The Morgan fingerprint density at radius 1 is 0.966 bits per heavy atom. The third-order valence-corrected chi connectivity index (χ3v) is 5.94. The van der Waals surface area contributed by atoms with Crippen LogP contribution in [0.1, 0.15) is 66.7 Å². The number of esters is 1. The predicted molar refractivity (Wildman–Crippen MR) is 117 cm³/mol. The van der Waals surface area contributed by atoms with E-state index in [-0.39, 0.29) is 5.97 Å². The van der Waals surface area contributed by atoms with Crippen molar-refractivity contribution in [3.8, 4) is 11.1 Å². The monoisotopic (exact) mass is 387 g/mol. The highest BCUT2D eigenvalue weighted by Crippen LogP contribution is 2.36. The molecular weight excluding hydrogens is 358 g/mol. The predicted octanol–water partition coefficient (Wildman–Crippen LogP) is 6.58. The first-order chi connectivity index (χ1) is 14.3. The van der Waals surface area contributed by atoms with Gasteiger partial charge in [-0.25, -0.2) is 4.79 Å². The fraction of sp³-hybridized carbons (Fsp3) is 0.346. The Morgan fingerprint density at radius 2 is 1.62 bits per heavy atom. The maximum Gasteiger partial charge on any atom is 0.340 e. The zero-order chi connectivity index (χ0) is 20.1. The fourth-order valence-electron chi connectivity index (χ4n) is 4.47. The van der Waals surface area contributed by atoms with Gasteiger partial charge in [0.05, 0.1) is 5.56 Å². The number of hydrogen-bond acceptors (Lipinski definition) is 2. The Hall–Kier alpha value is -2.81.